The van der Waals surface area contributed by atoms with Gasteiger partial charge in [-0.3, -0.25) is 4.57 Å². The Labute approximate surface area is 178 Å². The lowest BCUT2D eigenvalue weighted by Gasteiger charge is -2.15. The van der Waals surface area contributed by atoms with E-state index in [1.165, 1.54) is 12.7 Å². The Morgan fingerprint density at radius 2 is 2.10 bits per heavy atom. The van der Waals surface area contributed by atoms with Crippen LogP contribution in [-0.4, -0.2) is 47.1 Å². The number of unbranched alkanes of at least 4 members (excludes halogenated alkanes) is 1. The highest BCUT2D eigenvalue weighted by Gasteiger charge is 2.28. The van der Waals surface area contributed by atoms with Crippen LogP contribution < -0.4 is 5.73 Å². The van der Waals surface area contributed by atoms with Gasteiger partial charge in [0, 0.05) is 12.2 Å². The van der Waals surface area contributed by atoms with Gasteiger partial charge in [0.25, 0.3) is 0 Å². The Hall–Kier alpha value is -2.65. The van der Waals surface area contributed by atoms with Gasteiger partial charge in [-0.25, -0.2) is 19.9 Å². The number of aryl methyl sites for hydroxylation is 1. The molecule has 0 saturated carbocycles. The van der Waals surface area contributed by atoms with E-state index in [9.17, 15) is 0 Å². The van der Waals surface area contributed by atoms with Crippen LogP contribution in [0.3, 0.4) is 0 Å². The van der Waals surface area contributed by atoms with Crippen molar-refractivity contribution < 1.29 is 4.74 Å². The Morgan fingerprint density at radius 3 is 3.03 bits per heavy atom. The minimum Gasteiger partial charge on any atom is -0.382 e. The molecule has 0 aliphatic carbocycles. The number of para-hydroxylation sites is 2. The molecule has 30 heavy (non-hydrogen) atoms. The number of hydrogen-bond acceptors (Lipinski definition) is 7. The standard InChI is InChI=1S/C21H25N7OS/c22-20-19-21(24-12-23-20)28(13-25-19)18-9-8-14(29-18)11-30-10-4-3-7-17-26-15-5-1-2-6-16(15)27-17/h1-2,5-6,12-14,18H,3-4,7-11H2,(H,26,27)(H2,22,23,24). The third-order valence-electron chi connectivity index (χ3n) is 5.48. The number of rotatable bonds is 8. The fourth-order valence-electron chi connectivity index (χ4n) is 3.93. The first kappa shape index (κ1) is 19.3. The Morgan fingerprint density at radius 1 is 1.17 bits per heavy atom. The number of H-pyrrole nitrogens is 1. The third-order valence-corrected chi connectivity index (χ3v) is 6.66. The molecule has 4 heterocycles. The molecule has 3 N–H and O–H groups in total. The summed E-state index contributed by atoms with van der Waals surface area (Å²) in [4.78, 5) is 20.7. The molecule has 2 unspecified atom stereocenters. The molecule has 1 fully saturated rings. The van der Waals surface area contributed by atoms with Crippen LogP contribution in [0, 0.1) is 0 Å². The first-order valence-corrected chi connectivity index (χ1v) is 11.5. The zero-order valence-electron chi connectivity index (χ0n) is 16.7. The number of nitrogens with zero attached hydrogens (tertiary/aromatic N) is 5. The molecule has 156 valence electrons. The van der Waals surface area contributed by atoms with Crippen LogP contribution in [-0.2, 0) is 11.2 Å². The second-order valence-corrected chi connectivity index (χ2v) is 8.76. The van der Waals surface area contributed by atoms with E-state index in [0.717, 1.165) is 59.7 Å². The largest absolute Gasteiger partial charge is 0.382 e. The summed E-state index contributed by atoms with van der Waals surface area (Å²) in [6, 6.07) is 8.19. The average Bonchev–Trinajstić information content (AvgIpc) is 3.48. The maximum atomic E-state index is 6.25. The summed E-state index contributed by atoms with van der Waals surface area (Å²) in [5.41, 5.74) is 9.44. The fourth-order valence-corrected chi connectivity index (χ4v) is 5.01. The van der Waals surface area contributed by atoms with Crippen molar-refractivity contribution in [2.75, 3.05) is 17.2 Å². The number of thioether (sulfide) groups is 1. The molecule has 4 aromatic rings. The summed E-state index contributed by atoms with van der Waals surface area (Å²) in [5, 5.41) is 0. The van der Waals surface area contributed by atoms with Gasteiger partial charge in [-0.1, -0.05) is 12.1 Å². The van der Waals surface area contributed by atoms with Crippen LogP contribution >= 0.6 is 11.8 Å². The molecule has 5 rings (SSSR count). The van der Waals surface area contributed by atoms with Crippen LogP contribution in [0.5, 0.6) is 0 Å². The number of benzene rings is 1. The van der Waals surface area contributed by atoms with Gasteiger partial charge in [-0.05, 0) is 43.6 Å². The van der Waals surface area contributed by atoms with Gasteiger partial charge < -0.3 is 15.5 Å². The fraction of sp³-hybridized carbons (Fsp3) is 0.429. The van der Waals surface area contributed by atoms with Gasteiger partial charge >= 0.3 is 0 Å². The lowest BCUT2D eigenvalue weighted by Crippen LogP contribution is -2.13. The zero-order valence-corrected chi connectivity index (χ0v) is 17.5. The smallest absolute Gasteiger partial charge is 0.167 e. The average molecular weight is 424 g/mol. The highest BCUT2D eigenvalue weighted by molar-refractivity contribution is 7.99. The summed E-state index contributed by atoms with van der Waals surface area (Å²) >= 11 is 1.97. The Bertz CT molecular complexity index is 1110. The van der Waals surface area contributed by atoms with E-state index in [4.69, 9.17) is 10.5 Å². The van der Waals surface area contributed by atoms with Gasteiger partial charge in [0.15, 0.2) is 11.5 Å². The molecule has 0 radical (unpaired) electrons. The number of anilines is 1. The minimum absolute atomic E-state index is 0.0250. The van der Waals surface area contributed by atoms with E-state index in [0.29, 0.717) is 11.3 Å². The molecule has 0 spiro atoms. The van der Waals surface area contributed by atoms with Crippen LogP contribution in [0.1, 0.15) is 37.7 Å². The molecule has 9 heteroatoms. The number of imidazole rings is 2. The lowest BCUT2D eigenvalue weighted by molar-refractivity contribution is 0.0153. The van der Waals surface area contributed by atoms with Crippen LogP contribution in [0.15, 0.2) is 36.9 Å². The van der Waals surface area contributed by atoms with E-state index in [2.05, 4.69) is 37.1 Å². The second kappa shape index (κ2) is 8.61. The Balaban J connectivity index is 1.04. The minimum atomic E-state index is -0.0250. The molecule has 1 saturated heterocycles. The molecule has 3 aromatic heterocycles. The van der Waals surface area contributed by atoms with Crippen molar-refractivity contribution in [3.8, 4) is 0 Å². The maximum Gasteiger partial charge on any atom is 0.167 e. The first-order chi connectivity index (χ1) is 14.8. The van der Waals surface area contributed by atoms with Gasteiger partial charge in [-0.15, -0.1) is 0 Å². The number of fused-ring (bicyclic) bond motifs is 2. The molecule has 1 aliphatic heterocycles. The molecule has 2 atom stereocenters. The van der Waals surface area contributed by atoms with E-state index in [1.54, 1.807) is 6.33 Å². The van der Waals surface area contributed by atoms with Crippen LogP contribution in [0.4, 0.5) is 5.82 Å². The van der Waals surface area contributed by atoms with Gasteiger partial charge in [0.05, 0.1) is 23.5 Å². The van der Waals surface area contributed by atoms with Gasteiger partial charge in [0.1, 0.15) is 23.9 Å². The van der Waals surface area contributed by atoms with Crippen molar-refractivity contribution >= 4 is 39.8 Å². The van der Waals surface area contributed by atoms with Crippen molar-refractivity contribution in [1.29, 1.82) is 0 Å². The van der Waals surface area contributed by atoms with Crippen molar-refractivity contribution in [3.63, 3.8) is 0 Å². The number of nitrogen functional groups attached to an aromatic ring is 1. The quantitative estimate of drug-likeness (QED) is 0.416. The summed E-state index contributed by atoms with van der Waals surface area (Å²) in [5.74, 6) is 3.65. The van der Waals surface area contributed by atoms with E-state index in [-0.39, 0.29) is 12.3 Å². The molecule has 0 bridgehead atoms. The molecular formula is C21H25N7OS. The normalized spacial score (nSPS) is 19.2. The number of nitrogens with two attached hydrogens (primary N) is 1. The van der Waals surface area contributed by atoms with Crippen molar-refractivity contribution in [1.82, 2.24) is 29.5 Å². The summed E-state index contributed by atoms with van der Waals surface area (Å²) in [7, 11) is 0. The van der Waals surface area contributed by atoms with Crippen molar-refractivity contribution in [2.24, 2.45) is 0 Å². The summed E-state index contributed by atoms with van der Waals surface area (Å²) < 4.78 is 8.23. The summed E-state index contributed by atoms with van der Waals surface area (Å²) in [6.07, 6.45) is 8.82. The predicted molar refractivity (Wildman–Crippen MR) is 119 cm³/mol. The van der Waals surface area contributed by atoms with E-state index < -0.39 is 0 Å². The molecule has 8 nitrogen and oxygen atoms in total. The molecular weight excluding hydrogens is 398 g/mol. The monoisotopic (exact) mass is 423 g/mol. The lowest BCUT2D eigenvalue weighted by atomic mass is 10.2. The maximum absolute atomic E-state index is 6.25. The van der Waals surface area contributed by atoms with Gasteiger partial charge in [-0.2, -0.15) is 11.8 Å². The zero-order chi connectivity index (χ0) is 20.3. The highest BCUT2D eigenvalue weighted by atomic mass is 32.2. The molecule has 0 amide bonds. The SMILES string of the molecule is Nc1ncnc2c1ncn2C1CCC(CSCCCCc2nc3ccccc3[nH]2)O1. The Kier molecular flexibility index (Phi) is 5.54. The second-order valence-electron chi connectivity index (χ2n) is 7.61. The van der Waals surface area contributed by atoms with E-state index in [1.807, 2.05) is 28.5 Å². The third kappa shape index (κ3) is 3.99. The number of nitrogens with one attached hydrogen (secondary N) is 1. The first-order valence-electron chi connectivity index (χ1n) is 10.4. The summed E-state index contributed by atoms with van der Waals surface area (Å²) in [6.45, 7) is 0. The van der Waals surface area contributed by atoms with E-state index >= 15 is 0 Å². The van der Waals surface area contributed by atoms with Crippen molar-refractivity contribution in [2.45, 2.75) is 44.4 Å². The molecule has 1 aliphatic rings. The number of aromatic amines is 1. The van der Waals surface area contributed by atoms with Crippen LogP contribution in [0.2, 0.25) is 0 Å². The predicted octanol–water partition coefficient (Wildman–Crippen LogP) is 3.72. The highest BCUT2D eigenvalue weighted by Crippen LogP contribution is 2.32. The number of aromatic nitrogens is 6. The molecule has 1 aromatic carbocycles. The van der Waals surface area contributed by atoms with Crippen molar-refractivity contribution in [3.05, 3.63) is 42.7 Å². The number of ether oxygens (including phenoxy) is 1. The topological polar surface area (TPSA) is 108 Å². The number of hydrogen-bond donors (Lipinski definition) is 2. The van der Waals surface area contributed by atoms with Crippen LogP contribution in [0.25, 0.3) is 22.2 Å². The van der Waals surface area contributed by atoms with Gasteiger partial charge in [0.2, 0.25) is 0 Å².